The Balaban J connectivity index is 1.99. The zero-order chi connectivity index (χ0) is 13.2. The lowest BCUT2D eigenvalue weighted by Crippen LogP contribution is -2.35. The van der Waals surface area contributed by atoms with Crippen LogP contribution in [0.25, 0.3) is 11.3 Å². The van der Waals surface area contributed by atoms with Crippen LogP contribution in [-0.4, -0.2) is 4.57 Å². The number of benzene rings is 1. The van der Waals surface area contributed by atoms with Gasteiger partial charge in [-0.25, -0.2) is 9.13 Å². The molecule has 100 valence electrons. The monoisotopic (exact) mass is 255 g/mol. The Morgan fingerprint density at radius 2 is 2.00 bits per heavy atom. The molecule has 0 spiro atoms. The van der Waals surface area contributed by atoms with E-state index in [1.165, 1.54) is 54.9 Å². The number of hydrogen-bond donors (Lipinski definition) is 0. The van der Waals surface area contributed by atoms with Crippen LogP contribution in [0.1, 0.15) is 37.6 Å². The third-order valence-electron chi connectivity index (χ3n) is 4.09. The van der Waals surface area contributed by atoms with E-state index in [-0.39, 0.29) is 0 Å². The molecule has 0 amide bonds. The maximum Gasteiger partial charge on any atom is 0.257 e. The van der Waals surface area contributed by atoms with Crippen LogP contribution in [0.15, 0.2) is 30.5 Å². The third-order valence-corrected chi connectivity index (χ3v) is 4.09. The number of hydrogen-bond acceptors (Lipinski definition) is 0. The van der Waals surface area contributed by atoms with Crippen molar-refractivity contribution in [1.82, 2.24) is 4.57 Å². The zero-order valence-electron chi connectivity index (χ0n) is 12.0. The molecular weight excluding hydrogens is 232 g/mol. The summed E-state index contributed by atoms with van der Waals surface area (Å²) in [5.74, 6) is 1.52. The largest absolute Gasteiger partial charge is 0.257 e. The second-order valence-corrected chi connectivity index (χ2v) is 5.60. The van der Waals surface area contributed by atoms with Crippen LogP contribution in [-0.2, 0) is 19.5 Å². The summed E-state index contributed by atoms with van der Waals surface area (Å²) in [6, 6.07) is 8.92. The van der Waals surface area contributed by atoms with Crippen molar-refractivity contribution in [3.05, 3.63) is 41.9 Å². The van der Waals surface area contributed by atoms with Gasteiger partial charge in [0.25, 0.3) is 5.82 Å². The molecule has 2 heterocycles. The average Bonchev–Trinajstić information content (AvgIpc) is 3.00. The van der Waals surface area contributed by atoms with Crippen molar-refractivity contribution in [1.29, 1.82) is 0 Å². The van der Waals surface area contributed by atoms with Crippen molar-refractivity contribution in [2.75, 3.05) is 0 Å². The van der Waals surface area contributed by atoms with Crippen molar-refractivity contribution in [2.24, 2.45) is 0 Å². The number of fused-ring (bicyclic) bond motifs is 1. The Kier molecular flexibility index (Phi) is 3.41. The van der Waals surface area contributed by atoms with Gasteiger partial charge < -0.3 is 0 Å². The molecule has 2 nitrogen and oxygen atoms in total. The molecule has 1 aromatic carbocycles. The molecule has 0 aliphatic carbocycles. The summed E-state index contributed by atoms with van der Waals surface area (Å²) in [5, 5.41) is 0. The van der Waals surface area contributed by atoms with E-state index in [0.29, 0.717) is 0 Å². The van der Waals surface area contributed by atoms with Crippen LogP contribution >= 0.6 is 0 Å². The first-order chi connectivity index (χ1) is 9.29. The van der Waals surface area contributed by atoms with Gasteiger partial charge in [-0.2, -0.15) is 0 Å². The molecule has 1 aliphatic heterocycles. The van der Waals surface area contributed by atoms with Crippen molar-refractivity contribution in [3.8, 4) is 11.3 Å². The van der Waals surface area contributed by atoms with Crippen LogP contribution in [0.2, 0.25) is 0 Å². The van der Waals surface area contributed by atoms with Gasteiger partial charge in [0.2, 0.25) is 0 Å². The van der Waals surface area contributed by atoms with Crippen molar-refractivity contribution in [3.63, 3.8) is 0 Å². The molecule has 3 rings (SSSR count). The molecule has 2 aromatic rings. The first-order valence-corrected chi connectivity index (χ1v) is 7.48. The van der Waals surface area contributed by atoms with Gasteiger partial charge in [0.15, 0.2) is 5.69 Å². The van der Waals surface area contributed by atoms with Gasteiger partial charge in [-0.3, -0.25) is 0 Å². The standard InChI is InChI=1S/C17H23N2/c1-3-4-11-18-13-16(19-12-5-6-17(18)19)15-9-7-14(2)8-10-15/h7-10,13H,3-6,11-12H2,1-2H3/q+1. The number of rotatable bonds is 4. The minimum atomic E-state index is 1.16. The molecule has 0 saturated carbocycles. The smallest absolute Gasteiger partial charge is 0.234 e. The minimum Gasteiger partial charge on any atom is -0.234 e. The van der Waals surface area contributed by atoms with Gasteiger partial charge in [0.1, 0.15) is 6.20 Å². The van der Waals surface area contributed by atoms with Gasteiger partial charge >= 0.3 is 0 Å². The Morgan fingerprint density at radius 3 is 2.74 bits per heavy atom. The summed E-state index contributed by atoms with van der Waals surface area (Å²) in [6.45, 7) is 6.75. The molecule has 1 aliphatic rings. The summed E-state index contributed by atoms with van der Waals surface area (Å²) in [6.07, 6.45) is 7.41. The summed E-state index contributed by atoms with van der Waals surface area (Å²) in [4.78, 5) is 0. The highest BCUT2D eigenvalue weighted by Gasteiger charge is 2.28. The third kappa shape index (κ3) is 2.32. The van der Waals surface area contributed by atoms with Crippen LogP contribution in [0.4, 0.5) is 0 Å². The second-order valence-electron chi connectivity index (χ2n) is 5.60. The SMILES string of the molecule is CCCC[n+]1cc(-c2ccc(C)cc2)n2c1CCC2. The average molecular weight is 255 g/mol. The van der Waals surface area contributed by atoms with Crippen LogP contribution in [0.3, 0.4) is 0 Å². The first kappa shape index (κ1) is 12.5. The molecule has 1 aromatic heterocycles. The van der Waals surface area contributed by atoms with E-state index in [9.17, 15) is 0 Å². The van der Waals surface area contributed by atoms with E-state index in [0.717, 1.165) is 6.54 Å². The van der Waals surface area contributed by atoms with Crippen molar-refractivity contribution >= 4 is 0 Å². The molecule has 2 heteroatoms. The zero-order valence-corrected chi connectivity index (χ0v) is 12.0. The minimum absolute atomic E-state index is 1.16. The predicted molar refractivity (Wildman–Crippen MR) is 78.0 cm³/mol. The molecule has 0 bridgehead atoms. The van der Waals surface area contributed by atoms with Crippen LogP contribution in [0, 0.1) is 6.92 Å². The Labute approximate surface area is 115 Å². The first-order valence-electron chi connectivity index (χ1n) is 7.48. The fraction of sp³-hybridized carbons (Fsp3) is 0.471. The highest BCUT2D eigenvalue weighted by atomic mass is 15.2. The van der Waals surface area contributed by atoms with E-state index in [1.54, 1.807) is 0 Å². The Morgan fingerprint density at radius 1 is 1.21 bits per heavy atom. The summed E-state index contributed by atoms with van der Waals surface area (Å²) < 4.78 is 4.99. The van der Waals surface area contributed by atoms with E-state index in [2.05, 4.69) is 53.4 Å². The fourth-order valence-electron chi connectivity index (χ4n) is 2.99. The second kappa shape index (κ2) is 5.20. The number of nitrogens with zero attached hydrogens (tertiary/aromatic N) is 2. The van der Waals surface area contributed by atoms with Crippen LogP contribution in [0.5, 0.6) is 0 Å². The lowest BCUT2D eigenvalue weighted by molar-refractivity contribution is -0.703. The normalized spacial score (nSPS) is 13.8. The number of imidazole rings is 1. The molecule has 0 fully saturated rings. The molecule has 0 N–H and O–H groups in total. The van der Waals surface area contributed by atoms with E-state index < -0.39 is 0 Å². The summed E-state index contributed by atoms with van der Waals surface area (Å²) in [7, 11) is 0. The number of aryl methyl sites for hydroxylation is 2. The Bertz CT molecular complexity index is 564. The highest BCUT2D eigenvalue weighted by Crippen LogP contribution is 2.25. The van der Waals surface area contributed by atoms with Gasteiger partial charge in [0.05, 0.1) is 19.5 Å². The van der Waals surface area contributed by atoms with E-state index in [4.69, 9.17) is 0 Å². The van der Waals surface area contributed by atoms with Crippen molar-refractivity contribution < 1.29 is 4.57 Å². The molecular formula is C17H23N2+. The molecule has 0 unspecified atom stereocenters. The van der Waals surface area contributed by atoms with Crippen molar-refractivity contribution in [2.45, 2.75) is 52.6 Å². The molecule has 0 atom stereocenters. The predicted octanol–water partition coefficient (Wildman–Crippen LogP) is 3.50. The maximum atomic E-state index is 2.51. The maximum absolute atomic E-state index is 2.51. The van der Waals surface area contributed by atoms with Crippen LogP contribution < -0.4 is 4.57 Å². The quantitative estimate of drug-likeness (QED) is 0.739. The Hall–Kier alpha value is -1.57. The topological polar surface area (TPSA) is 8.81 Å². The van der Waals surface area contributed by atoms with Gasteiger partial charge in [-0.05, 0) is 19.8 Å². The lowest BCUT2D eigenvalue weighted by Gasteiger charge is -1.99. The van der Waals surface area contributed by atoms with Gasteiger partial charge in [-0.15, -0.1) is 0 Å². The summed E-state index contributed by atoms with van der Waals surface area (Å²) >= 11 is 0. The number of aromatic nitrogens is 2. The molecule has 0 saturated heterocycles. The van der Waals surface area contributed by atoms with E-state index in [1.807, 2.05) is 0 Å². The van der Waals surface area contributed by atoms with Gasteiger partial charge in [-0.1, -0.05) is 43.2 Å². The van der Waals surface area contributed by atoms with Gasteiger partial charge in [0, 0.05) is 5.56 Å². The lowest BCUT2D eigenvalue weighted by atomic mass is 10.1. The highest BCUT2D eigenvalue weighted by molar-refractivity contribution is 5.59. The summed E-state index contributed by atoms with van der Waals surface area (Å²) in [5.41, 5.74) is 4.07. The molecule has 0 radical (unpaired) electrons. The number of unbranched alkanes of at least 4 members (excludes halogenated alkanes) is 1. The fourth-order valence-corrected chi connectivity index (χ4v) is 2.99. The molecule has 19 heavy (non-hydrogen) atoms. The van der Waals surface area contributed by atoms with E-state index >= 15 is 0 Å².